The van der Waals surface area contributed by atoms with Gasteiger partial charge in [-0.2, -0.15) is 0 Å². The number of hydrogen-bond donors (Lipinski definition) is 1. The lowest BCUT2D eigenvalue weighted by molar-refractivity contribution is 0.0971. The fraction of sp³-hybridized carbons (Fsp3) is 0.429. The van der Waals surface area contributed by atoms with Crippen molar-refractivity contribution in [2.45, 2.75) is 39.2 Å². The maximum Gasteiger partial charge on any atom is 0.119 e. The number of rotatable bonds is 11. The van der Waals surface area contributed by atoms with Gasteiger partial charge < -0.3 is 14.6 Å². The molecule has 0 aliphatic rings. The Hall–Kier alpha value is -1.84. The van der Waals surface area contributed by atoms with Crippen LogP contribution < -0.4 is 4.74 Å². The van der Waals surface area contributed by atoms with Gasteiger partial charge in [0.25, 0.3) is 0 Å². The molecule has 0 saturated heterocycles. The summed E-state index contributed by atoms with van der Waals surface area (Å²) in [5.41, 5.74) is 3.20. The zero-order chi connectivity index (χ0) is 17.0. The van der Waals surface area contributed by atoms with Gasteiger partial charge in [-0.3, -0.25) is 0 Å². The molecule has 0 aliphatic carbocycles. The van der Waals surface area contributed by atoms with Crippen molar-refractivity contribution in [2.75, 3.05) is 19.8 Å². The molecule has 24 heavy (non-hydrogen) atoms. The number of ether oxygens (including phenoxy) is 2. The zero-order valence-electron chi connectivity index (χ0n) is 14.5. The molecule has 0 saturated carbocycles. The van der Waals surface area contributed by atoms with E-state index in [-0.39, 0.29) is 6.61 Å². The van der Waals surface area contributed by atoms with Crippen molar-refractivity contribution in [2.24, 2.45) is 0 Å². The fourth-order valence-electron chi connectivity index (χ4n) is 2.50. The lowest BCUT2D eigenvalue weighted by Gasteiger charge is -2.08. The number of unbranched alkanes of at least 4 members (excludes halogenated alkanes) is 3. The number of aliphatic hydroxyl groups excluding tert-OH is 1. The van der Waals surface area contributed by atoms with Crippen LogP contribution in [0.25, 0.3) is 11.1 Å². The van der Waals surface area contributed by atoms with Crippen LogP contribution >= 0.6 is 0 Å². The molecule has 2 rings (SSSR count). The number of aliphatic hydroxyl groups is 1. The van der Waals surface area contributed by atoms with Gasteiger partial charge >= 0.3 is 0 Å². The van der Waals surface area contributed by atoms with E-state index < -0.39 is 0 Å². The summed E-state index contributed by atoms with van der Waals surface area (Å²) >= 11 is 0. The van der Waals surface area contributed by atoms with Gasteiger partial charge in [-0.25, -0.2) is 0 Å². The summed E-state index contributed by atoms with van der Waals surface area (Å²) < 4.78 is 11.3. The van der Waals surface area contributed by atoms with Gasteiger partial charge in [0.15, 0.2) is 0 Å². The minimum Gasteiger partial charge on any atom is -0.491 e. The zero-order valence-corrected chi connectivity index (χ0v) is 14.5. The van der Waals surface area contributed by atoms with Crippen LogP contribution in [0.3, 0.4) is 0 Å². The summed E-state index contributed by atoms with van der Waals surface area (Å²) in [4.78, 5) is 0. The molecule has 0 bridgehead atoms. The molecular formula is C21H28O3. The predicted molar refractivity (Wildman–Crippen MR) is 98.3 cm³/mol. The van der Waals surface area contributed by atoms with Gasteiger partial charge in [-0.1, -0.05) is 62.6 Å². The molecule has 0 spiro atoms. The first-order valence-corrected chi connectivity index (χ1v) is 8.84. The molecule has 130 valence electrons. The van der Waals surface area contributed by atoms with E-state index in [0.717, 1.165) is 35.5 Å². The van der Waals surface area contributed by atoms with E-state index in [1.165, 1.54) is 19.3 Å². The van der Waals surface area contributed by atoms with Crippen LogP contribution in [0, 0.1) is 0 Å². The predicted octanol–water partition coefficient (Wildman–Crippen LogP) is 4.82. The molecule has 0 heterocycles. The summed E-state index contributed by atoms with van der Waals surface area (Å²) in [6.07, 6.45) is 4.93. The molecule has 0 aliphatic heterocycles. The smallest absolute Gasteiger partial charge is 0.119 e. The Morgan fingerprint density at radius 2 is 1.42 bits per heavy atom. The van der Waals surface area contributed by atoms with Crippen molar-refractivity contribution in [3.8, 4) is 16.9 Å². The molecule has 3 nitrogen and oxygen atoms in total. The number of hydrogen-bond acceptors (Lipinski definition) is 3. The topological polar surface area (TPSA) is 38.7 Å². The van der Waals surface area contributed by atoms with E-state index in [4.69, 9.17) is 14.6 Å². The van der Waals surface area contributed by atoms with Crippen LogP contribution in [0.4, 0.5) is 0 Å². The molecule has 0 aromatic heterocycles. The Morgan fingerprint density at radius 1 is 0.750 bits per heavy atom. The average molecular weight is 328 g/mol. The summed E-state index contributed by atoms with van der Waals surface area (Å²) in [5, 5.41) is 9.08. The second-order valence-corrected chi connectivity index (χ2v) is 5.90. The normalized spacial score (nSPS) is 10.8. The second kappa shape index (κ2) is 10.8. The van der Waals surface area contributed by atoms with Gasteiger partial charge in [0, 0.05) is 6.61 Å². The van der Waals surface area contributed by atoms with Crippen LogP contribution in [0.5, 0.6) is 5.75 Å². The van der Waals surface area contributed by atoms with E-state index in [9.17, 15) is 0 Å². The van der Waals surface area contributed by atoms with E-state index in [1.807, 2.05) is 36.4 Å². The Morgan fingerprint density at radius 3 is 2.04 bits per heavy atom. The molecule has 3 heteroatoms. The van der Waals surface area contributed by atoms with Gasteiger partial charge in [0.1, 0.15) is 12.4 Å². The molecule has 1 N–H and O–H groups in total. The first-order valence-electron chi connectivity index (χ1n) is 8.84. The summed E-state index contributed by atoms with van der Waals surface area (Å²) in [5.74, 6) is 0.861. The van der Waals surface area contributed by atoms with Crippen molar-refractivity contribution in [1.29, 1.82) is 0 Å². The highest BCUT2D eigenvalue weighted by molar-refractivity contribution is 5.64. The lowest BCUT2D eigenvalue weighted by Crippen LogP contribution is -2.07. The van der Waals surface area contributed by atoms with Crippen molar-refractivity contribution >= 4 is 0 Å². The van der Waals surface area contributed by atoms with E-state index in [2.05, 4.69) is 19.1 Å². The molecule has 2 aromatic rings. The third-order valence-corrected chi connectivity index (χ3v) is 3.96. The standard InChI is InChI=1S/C21H28O3/c1-2-3-4-5-14-23-15-16-24-21-12-10-20(11-13-21)19-8-6-18(17-22)7-9-19/h6-13,22H,2-5,14-17H2,1H3. The summed E-state index contributed by atoms with van der Waals surface area (Å²) in [6, 6.07) is 16.0. The highest BCUT2D eigenvalue weighted by atomic mass is 16.5. The number of benzene rings is 2. The highest BCUT2D eigenvalue weighted by Crippen LogP contribution is 2.22. The van der Waals surface area contributed by atoms with Gasteiger partial charge in [0.2, 0.25) is 0 Å². The van der Waals surface area contributed by atoms with E-state index in [0.29, 0.717) is 13.2 Å². The second-order valence-electron chi connectivity index (χ2n) is 5.90. The van der Waals surface area contributed by atoms with Crippen LogP contribution in [0.1, 0.15) is 38.2 Å². The molecule has 0 amide bonds. The molecule has 0 radical (unpaired) electrons. The van der Waals surface area contributed by atoms with Crippen LogP contribution in [-0.4, -0.2) is 24.9 Å². The fourth-order valence-corrected chi connectivity index (χ4v) is 2.50. The first kappa shape index (κ1) is 18.5. The van der Waals surface area contributed by atoms with Crippen LogP contribution in [0.2, 0.25) is 0 Å². The molecule has 0 unspecified atom stereocenters. The highest BCUT2D eigenvalue weighted by Gasteiger charge is 2.00. The van der Waals surface area contributed by atoms with Gasteiger partial charge in [-0.05, 0) is 35.2 Å². The first-order chi connectivity index (χ1) is 11.8. The Labute approximate surface area is 145 Å². The quantitative estimate of drug-likeness (QED) is 0.601. The lowest BCUT2D eigenvalue weighted by atomic mass is 10.0. The minimum atomic E-state index is 0.0771. The molecule has 0 fully saturated rings. The van der Waals surface area contributed by atoms with Crippen molar-refractivity contribution in [3.63, 3.8) is 0 Å². The van der Waals surface area contributed by atoms with Gasteiger partial charge in [0.05, 0.1) is 13.2 Å². The molecule has 2 aromatic carbocycles. The third-order valence-electron chi connectivity index (χ3n) is 3.96. The Kier molecular flexibility index (Phi) is 8.36. The molecule has 0 atom stereocenters. The van der Waals surface area contributed by atoms with Crippen LogP contribution in [-0.2, 0) is 11.3 Å². The van der Waals surface area contributed by atoms with Crippen molar-refractivity contribution < 1.29 is 14.6 Å². The van der Waals surface area contributed by atoms with Crippen molar-refractivity contribution in [1.82, 2.24) is 0 Å². The monoisotopic (exact) mass is 328 g/mol. The van der Waals surface area contributed by atoms with Crippen LogP contribution in [0.15, 0.2) is 48.5 Å². The van der Waals surface area contributed by atoms with Crippen molar-refractivity contribution in [3.05, 3.63) is 54.1 Å². The maximum absolute atomic E-state index is 9.08. The summed E-state index contributed by atoms with van der Waals surface area (Å²) in [7, 11) is 0. The minimum absolute atomic E-state index is 0.0771. The largest absolute Gasteiger partial charge is 0.491 e. The maximum atomic E-state index is 9.08. The third kappa shape index (κ3) is 6.34. The Bertz CT molecular complexity index is 561. The molecular weight excluding hydrogens is 300 g/mol. The van der Waals surface area contributed by atoms with Gasteiger partial charge in [-0.15, -0.1) is 0 Å². The average Bonchev–Trinajstić information content (AvgIpc) is 2.64. The van der Waals surface area contributed by atoms with E-state index in [1.54, 1.807) is 0 Å². The van der Waals surface area contributed by atoms with E-state index >= 15 is 0 Å². The summed E-state index contributed by atoms with van der Waals surface area (Å²) in [6.45, 7) is 4.33. The SMILES string of the molecule is CCCCCCOCCOc1ccc(-c2ccc(CO)cc2)cc1. The Balaban J connectivity index is 1.70.